The summed E-state index contributed by atoms with van der Waals surface area (Å²) in [6.07, 6.45) is 2.90. The normalized spacial score (nSPS) is 28.1. The molecule has 27 heavy (non-hydrogen) atoms. The highest BCUT2D eigenvalue weighted by Crippen LogP contribution is 2.43. The summed E-state index contributed by atoms with van der Waals surface area (Å²) in [5.74, 6) is -0.0785. The monoisotopic (exact) mass is 366 g/mol. The van der Waals surface area contributed by atoms with Crippen LogP contribution in [0.3, 0.4) is 0 Å². The molecule has 0 amide bonds. The first-order chi connectivity index (χ1) is 13.0. The molecule has 1 fully saturated rings. The standard InChI is InChI=1S/C20H22N4O3/c21-19-13-5-6-24(20(13)23-9-22-19)15-8-14(17(26)18(15)27)16(25)12-4-2-10-1-3-11(10)7-12/h2,4-7,9,14-18,25-27H,1,3,8H2,(H2,21,22,23)/t14-,15-,16-,17-,18+/m1/s1. The lowest BCUT2D eigenvalue weighted by Gasteiger charge is -2.25. The summed E-state index contributed by atoms with van der Waals surface area (Å²) in [6.45, 7) is 0. The van der Waals surface area contributed by atoms with E-state index in [9.17, 15) is 15.3 Å². The number of aliphatic hydroxyl groups excluding tert-OH is 3. The molecule has 2 aromatic heterocycles. The van der Waals surface area contributed by atoms with E-state index in [1.807, 2.05) is 28.8 Å². The molecule has 2 aliphatic carbocycles. The number of anilines is 1. The Labute approximate surface area is 156 Å². The van der Waals surface area contributed by atoms with Crippen molar-refractivity contribution in [2.75, 3.05) is 5.73 Å². The molecule has 1 aromatic carbocycles. The Bertz CT molecular complexity index is 1020. The van der Waals surface area contributed by atoms with Crippen LogP contribution in [0.25, 0.3) is 11.0 Å². The summed E-state index contributed by atoms with van der Waals surface area (Å²) in [5.41, 5.74) is 9.91. The van der Waals surface area contributed by atoms with Gasteiger partial charge in [-0.1, -0.05) is 18.2 Å². The van der Waals surface area contributed by atoms with Gasteiger partial charge >= 0.3 is 0 Å². The third-order valence-corrected chi connectivity index (χ3v) is 6.23. The number of aromatic nitrogens is 3. The Kier molecular flexibility index (Phi) is 3.72. The number of nitrogen functional groups attached to an aromatic ring is 1. The second kappa shape index (κ2) is 6.02. The maximum absolute atomic E-state index is 10.9. The number of fused-ring (bicyclic) bond motifs is 2. The van der Waals surface area contributed by atoms with Crippen molar-refractivity contribution in [3.8, 4) is 0 Å². The van der Waals surface area contributed by atoms with Gasteiger partial charge in [0.15, 0.2) is 0 Å². The minimum absolute atomic E-state index is 0.380. The molecular weight excluding hydrogens is 344 g/mol. The number of aliphatic hydroxyl groups is 3. The lowest BCUT2D eigenvalue weighted by Crippen LogP contribution is -2.31. The average Bonchev–Trinajstić information content (AvgIpc) is 3.19. The van der Waals surface area contributed by atoms with E-state index in [2.05, 4.69) is 9.97 Å². The van der Waals surface area contributed by atoms with Crippen LogP contribution in [-0.2, 0) is 12.8 Å². The van der Waals surface area contributed by atoms with E-state index < -0.39 is 30.3 Å². The molecule has 1 saturated carbocycles. The summed E-state index contributed by atoms with van der Waals surface area (Å²) >= 11 is 0. The number of nitrogens with zero attached hydrogens (tertiary/aromatic N) is 3. The second-order valence-electron chi connectivity index (χ2n) is 7.64. The minimum Gasteiger partial charge on any atom is -0.390 e. The van der Waals surface area contributed by atoms with Gasteiger partial charge in [0.05, 0.1) is 23.6 Å². The second-order valence-corrected chi connectivity index (χ2v) is 7.64. The Hall–Kier alpha value is -2.48. The fraction of sp³-hybridized carbons (Fsp3) is 0.400. The van der Waals surface area contributed by atoms with Gasteiger partial charge in [0, 0.05) is 12.1 Å². The van der Waals surface area contributed by atoms with Crippen LogP contribution < -0.4 is 5.73 Å². The van der Waals surface area contributed by atoms with Gasteiger partial charge in [-0.25, -0.2) is 9.97 Å². The molecule has 3 aromatic rings. The fourth-order valence-electron chi connectivity index (χ4n) is 4.54. The maximum Gasteiger partial charge on any atom is 0.145 e. The van der Waals surface area contributed by atoms with Crippen LogP contribution >= 0.6 is 0 Å². The number of nitrogens with two attached hydrogens (primary N) is 1. The highest BCUT2D eigenvalue weighted by Gasteiger charge is 2.46. The van der Waals surface area contributed by atoms with Crippen molar-refractivity contribution in [1.82, 2.24) is 14.5 Å². The van der Waals surface area contributed by atoms with Gasteiger partial charge in [-0.2, -0.15) is 0 Å². The third-order valence-electron chi connectivity index (χ3n) is 6.23. The largest absolute Gasteiger partial charge is 0.390 e. The topological polar surface area (TPSA) is 117 Å². The number of hydrogen-bond donors (Lipinski definition) is 4. The van der Waals surface area contributed by atoms with E-state index in [4.69, 9.17) is 5.73 Å². The van der Waals surface area contributed by atoms with Crippen LogP contribution in [0.4, 0.5) is 5.82 Å². The number of aryl methyl sites for hydroxylation is 2. The SMILES string of the molecule is Nc1ncnc2c1ccn2[C@@H]1C[C@H]([C@H](O)c2ccc3c(c2)CC3)[C@@H](O)[C@H]1O. The molecule has 0 radical (unpaired) electrons. The molecule has 140 valence electrons. The molecule has 5 rings (SSSR count). The molecule has 0 saturated heterocycles. The first-order valence-electron chi connectivity index (χ1n) is 9.27. The first kappa shape index (κ1) is 16.7. The highest BCUT2D eigenvalue weighted by atomic mass is 16.3. The summed E-state index contributed by atoms with van der Waals surface area (Å²) in [5, 5.41) is 32.9. The molecule has 0 bridgehead atoms. The molecule has 2 aliphatic rings. The molecule has 0 unspecified atom stereocenters. The van der Waals surface area contributed by atoms with E-state index in [-0.39, 0.29) is 0 Å². The van der Waals surface area contributed by atoms with Crippen molar-refractivity contribution in [2.45, 2.75) is 43.6 Å². The number of benzene rings is 1. The summed E-state index contributed by atoms with van der Waals surface area (Å²) in [7, 11) is 0. The molecule has 7 nitrogen and oxygen atoms in total. The zero-order valence-corrected chi connectivity index (χ0v) is 14.7. The van der Waals surface area contributed by atoms with E-state index in [1.54, 1.807) is 6.20 Å². The Balaban J connectivity index is 1.46. The van der Waals surface area contributed by atoms with Gasteiger partial charge in [0.2, 0.25) is 0 Å². The molecule has 7 heteroatoms. The molecule has 2 heterocycles. The van der Waals surface area contributed by atoms with Crippen LogP contribution in [0.2, 0.25) is 0 Å². The first-order valence-corrected chi connectivity index (χ1v) is 9.27. The van der Waals surface area contributed by atoms with Crippen molar-refractivity contribution >= 4 is 16.9 Å². The lowest BCUT2D eigenvalue weighted by molar-refractivity contribution is -0.0264. The molecule has 0 spiro atoms. The van der Waals surface area contributed by atoms with Crippen molar-refractivity contribution in [2.24, 2.45) is 5.92 Å². The van der Waals surface area contributed by atoms with Crippen LogP contribution in [0.5, 0.6) is 0 Å². The van der Waals surface area contributed by atoms with Crippen molar-refractivity contribution < 1.29 is 15.3 Å². The van der Waals surface area contributed by atoms with E-state index in [0.717, 1.165) is 18.4 Å². The van der Waals surface area contributed by atoms with Gasteiger partial charge in [-0.05, 0) is 42.0 Å². The average molecular weight is 366 g/mol. The van der Waals surface area contributed by atoms with Gasteiger partial charge in [0.1, 0.15) is 23.9 Å². The minimum atomic E-state index is -1.02. The van der Waals surface area contributed by atoms with E-state index in [1.165, 1.54) is 17.5 Å². The van der Waals surface area contributed by atoms with Gasteiger partial charge < -0.3 is 25.6 Å². The van der Waals surface area contributed by atoms with Crippen LogP contribution in [-0.4, -0.2) is 42.1 Å². The molecule has 0 aliphatic heterocycles. The quantitative estimate of drug-likeness (QED) is 0.552. The summed E-state index contributed by atoms with van der Waals surface area (Å²) < 4.78 is 1.83. The molecule has 5 atom stereocenters. The predicted molar refractivity (Wildman–Crippen MR) is 99.9 cm³/mol. The summed E-state index contributed by atoms with van der Waals surface area (Å²) in [4.78, 5) is 8.27. The zero-order valence-electron chi connectivity index (χ0n) is 14.7. The smallest absolute Gasteiger partial charge is 0.145 e. The fourth-order valence-corrected chi connectivity index (χ4v) is 4.54. The highest BCUT2D eigenvalue weighted by molar-refractivity contribution is 5.86. The summed E-state index contributed by atoms with van der Waals surface area (Å²) in [6, 6.07) is 7.41. The van der Waals surface area contributed by atoms with Crippen LogP contribution in [0.15, 0.2) is 36.8 Å². The lowest BCUT2D eigenvalue weighted by atomic mass is 9.84. The van der Waals surface area contributed by atoms with Crippen molar-refractivity contribution in [1.29, 1.82) is 0 Å². The maximum atomic E-state index is 10.9. The van der Waals surface area contributed by atoms with Gasteiger partial charge in [-0.3, -0.25) is 0 Å². The van der Waals surface area contributed by atoms with Gasteiger partial charge in [0.25, 0.3) is 0 Å². The molecule has 5 N–H and O–H groups in total. The number of hydrogen-bond acceptors (Lipinski definition) is 6. The van der Waals surface area contributed by atoms with Gasteiger partial charge in [-0.15, -0.1) is 0 Å². The molecular formula is C20H22N4O3. The van der Waals surface area contributed by atoms with Crippen molar-refractivity contribution in [3.63, 3.8) is 0 Å². The number of rotatable bonds is 3. The Morgan fingerprint density at radius 3 is 2.63 bits per heavy atom. The predicted octanol–water partition coefficient (Wildman–Crippen LogP) is 1.13. The zero-order chi connectivity index (χ0) is 18.7. The Morgan fingerprint density at radius 2 is 1.89 bits per heavy atom. The van der Waals surface area contributed by atoms with E-state index >= 15 is 0 Å². The van der Waals surface area contributed by atoms with Crippen LogP contribution in [0.1, 0.15) is 35.3 Å². The van der Waals surface area contributed by atoms with E-state index in [0.29, 0.717) is 23.3 Å². The Morgan fingerprint density at radius 1 is 1.07 bits per heavy atom. The van der Waals surface area contributed by atoms with Crippen molar-refractivity contribution in [3.05, 3.63) is 53.5 Å². The third kappa shape index (κ3) is 2.46. The van der Waals surface area contributed by atoms with Crippen LogP contribution in [0, 0.1) is 5.92 Å².